The van der Waals surface area contributed by atoms with Crippen molar-refractivity contribution in [2.45, 2.75) is 19.4 Å². The topological polar surface area (TPSA) is 95.9 Å². The van der Waals surface area contributed by atoms with Crippen LogP contribution in [0.15, 0.2) is 53.6 Å². The van der Waals surface area contributed by atoms with E-state index < -0.39 is 31.9 Å². The van der Waals surface area contributed by atoms with Crippen molar-refractivity contribution in [3.05, 3.63) is 65.5 Å². The zero-order chi connectivity index (χ0) is 20.5. The standard InChI is InChI=1S/C18H20FN3O4S2/c1-3-28(25,26)22-18(14-4-8-15(19)9-5-14)12-17(20-22)13-6-10-16(11-7-13)21-27(2,23)24/h4-11,18,21H,3,12H2,1-2H3/t18-/m1/s1. The van der Waals surface area contributed by atoms with E-state index in [-0.39, 0.29) is 5.75 Å². The third-order valence-corrected chi connectivity index (χ3v) is 6.54. The predicted octanol–water partition coefficient (Wildman–Crippen LogP) is 2.70. The van der Waals surface area contributed by atoms with E-state index in [1.165, 1.54) is 19.1 Å². The van der Waals surface area contributed by atoms with Crippen LogP contribution in [0, 0.1) is 5.82 Å². The van der Waals surface area contributed by atoms with Crippen LogP contribution in [-0.2, 0) is 20.0 Å². The second kappa shape index (κ2) is 7.51. The van der Waals surface area contributed by atoms with Crippen LogP contribution in [0.2, 0.25) is 0 Å². The fourth-order valence-electron chi connectivity index (χ4n) is 2.93. The number of sulfonamides is 2. The zero-order valence-electron chi connectivity index (χ0n) is 15.3. The molecule has 1 N–H and O–H groups in total. The highest BCUT2D eigenvalue weighted by molar-refractivity contribution is 7.92. The quantitative estimate of drug-likeness (QED) is 0.770. The van der Waals surface area contributed by atoms with Gasteiger partial charge in [-0.05, 0) is 42.3 Å². The summed E-state index contributed by atoms with van der Waals surface area (Å²) in [5.41, 5.74) is 2.28. The molecule has 1 aliphatic heterocycles. The first-order chi connectivity index (χ1) is 13.1. The zero-order valence-corrected chi connectivity index (χ0v) is 17.0. The molecule has 2 aromatic carbocycles. The molecule has 3 rings (SSSR count). The Balaban J connectivity index is 1.93. The summed E-state index contributed by atoms with van der Waals surface area (Å²) in [5.74, 6) is -0.514. The fraction of sp³-hybridized carbons (Fsp3) is 0.278. The lowest BCUT2D eigenvalue weighted by Gasteiger charge is -2.22. The number of hydrogen-bond donors (Lipinski definition) is 1. The van der Waals surface area contributed by atoms with Gasteiger partial charge in [-0.1, -0.05) is 24.3 Å². The van der Waals surface area contributed by atoms with Gasteiger partial charge in [0.25, 0.3) is 0 Å². The first kappa shape index (κ1) is 20.3. The van der Waals surface area contributed by atoms with E-state index in [9.17, 15) is 21.2 Å². The van der Waals surface area contributed by atoms with Gasteiger partial charge in [-0.3, -0.25) is 4.72 Å². The Labute approximate surface area is 164 Å². The number of anilines is 1. The van der Waals surface area contributed by atoms with Gasteiger partial charge in [0.15, 0.2) is 0 Å². The monoisotopic (exact) mass is 425 g/mol. The molecule has 10 heteroatoms. The summed E-state index contributed by atoms with van der Waals surface area (Å²) < 4.78 is 64.4. The Kier molecular flexibility index (Phi) is 5.44. The molecular weight excluding hydrogens is 405 g/mol. The van der Waals surface area contributed by atoms with E-state index in [0.717, 1.165) is 10.7 Å². The van der Waals surface area contributed by atoms with Crippen molar-refractivity contribution < 1.29 is 21.2 Å². The first-order valence-corrected chi connectivity index (χ1v) is 12.0. The van der Waals surface area contributed by atoms with E-state index in [2.05, 4.69) is 9.82 Å². The van der Waals surface area contributed by atoms with Gasteiger partial charge in [-0.15, -0.1) is 0 Å². The van der Waals surface area contributed by atoms with Gasteiger partial charge in [-0.25, -0.2) is 21.2 Å². The smallest absolute Gasteiger partial charge is 0.250 e. The summed E-state index contributed by atoms with van der Waals surface area (Å²) in [6.07, 6.45) is 1.38. The molecule has 0 aromatic heterocycles. The molecular formula is C18H20FN3O4S2. The largest absolute Gasteiger partial charge is 0.284 e. The number of hydrogen-bond acceptors (Lipinski definition) is 5. The molecule has 0 unspecified atom stereocenters. The van der Waals surface area contributed by atoms with Gasteiger partial charge in [0.2, 0.25) is 20.0 Å². The molecule has 0 fully saturated rings. The van der Waals surface area contributed by atoms with Gasteiger partial charge >= 0.3 is 0 Å². The van der Waals surface area contributed by atoms with Gasteiger partial charge in [0.05, 0.1) is 23.8 Å². The lowest BCUT2D eigenvalue weighted by atomic mass is 9.99. The normalized spacial score (nSPS) is 17.5. The molecule has 0 spiro atoms. The average Bonchev–Trinajstić information content (AvgIpc) is 3.08. The van der Waals surface area contributed by atoms with Crippen molar-refractivity contribution in [2.24, 2.45) is 5.10 Å². The predicted molar refractivity (Wildman–Crippen MR) is 107 cm³/mol. The number of hydrazone groups is 1. The number of halogens is 1. The highest BCUT2D eigenvalue weighted by Gasteiger charge is 2.35. The van der Waals surface area contributed by atoms with Crippen LogP contribution in [0.5, 0.6) is 0 Å². The van der Waals surface area contributed by atoms with E-state index in [1.54, 1.807) is 36.4 Å². The maximum absolute atomic E-state index is 13.3. The lowest BCUT2D eigenvalue weighted by Crippen LogP contribution is -2.28. The summed E-state index contributed by atoms with van der Waals surface area (Å²) in [5, 5.41) is 4.31. The van der Waals surface area contributed by atoms with Gasteiger partial charge in [0.1, 0.15) is 5.82 Å². The van der Waals surface area contributed by atoms with Crippen LogP contribution in [-0.4, -0.2) is 39.0 Å². The molecule has 1 atom stereocenters. The third-order valence-electron chi connectivity index (χ3n) is 4.30. The molecule has 0 bridgehead atoms. The number of benzene rings is 2. The molecule has 0 aliphatic carbocycles. The Morgan fingerprint density at radius 3 is 2.21 bits per heavy atom. The van der Waals surface area contributed by atoms with Crippen molar-refractivity contribution in [3.63, 3.8) is 0 Å². The van der Waals surface area contributed by atoms with Crippen LogP contribution >= 0.6 is 0 Å². The molecule has 0 radical (unpaired) electrons. The Morgan fingerprint density at radius 2 is 1.68 bits per heavy atom. The number of nitrogens with one attached hydrogen (secondary N) is 1. The maximum Gasteiger partial charge on any atom is 0.250 e. The Morgan fingerprint density at radius 1 is 1.07 bits per heavy atom. The second-order valence-corrected chi connectivity index (χ2v) is 10.3. The highest BCUT2D eigenvalue weighted by atomic mass is 32.2. The van der Waals surface area contributed by atoms with Crippen molar-refractivity contribution in [3.8, 4) is 0 Å². The SMILES string of the molecule is CCS(=O)(=O)N1N=C(c2ccc(NS(C)(=O)=O)cc2)C[C@@H]1c1ccc(F)cc1. The lowest BCUT2D eigenvalue weighted by molar-refractivity contribution is 0.372. The van der Waals surface area contributed by atoms with E-state index in [0.29, 0.717) is 28.9 Å². The Hall–Kier alpha value is -2.46. The minimum atomic E-state index is -3.62. The van der Waals surface area contributed by atoms with E-state index in [4.69, 9.17) is 0 Å². The van der Waals surface area contributed by atoms with Crippen molar-refractivity contribution in [1.82, 2.24) is 4.41 Å². The fourth-order valence-corrected chi connectivity index (χ4v) is 4.57. The van der Waals surface area contributed by atoms with Crippen LogP contribution in [0.1, 0.15) is 30.5 Å². The minimum absolute atomic E-state index is 0.112. The van der Waals surface area contributed by atoms with Crippen LogP contribution < -0.4 is 4.72 Å². The van der Waals surface area contributed by atoms with E-state index >= 15 is 0 Å². The molecule has 0 saturated carbocycles. The molecule has 1 heterocycles. The molecule has 7 nitrogen and oxygen atoms in total. The summed E-state index contributed by atoms with van der Waals surface area (Å²) in [6, 6.07) is 11.6. The number of rotatable bonds is 6. The summed E-state index contributed by atoms with van der Waals surface area (Å²) in [7, 11) is -7.01. The van der Waals surface area contributed by atoms with Crippen LogP contribution in [0.4, 0.5) is 10.1 Å². The summed E-state index contributed by atoms with van der Waals surface area (Å²) in [6.45, 7) is 1.54. The van der Waals surface area contributed by atoms with Crippen molar-refractivity contribution in [2.75, 3.05) is 16.7 Å². The maximum atomic E-state index is 13.3. The molecule has 2 aromatic rings. The molecule has 0 saturated heterocycles. The van der Waals surface area contributed by atoms with Crippen molar-refractivity contribution in [1.29, 1.82) is 0 Å². The van der Waals surface area contributed by atoms with Crippen LogP contribution in [0.25, 0.3) is 0 Å². The highest BCUT2D eigenvalue weighted by Crippen LogP contribution is 2.35. The molecule has 1 aliphatic rings. The van der Waals surface area contributed by atoms with Gasteiger partial charge in [-0.2, -0.15) is 9.52 Å². The molecule has 150 valence electrons. The van der Waals surface area contributed by atoms with Crippen molar-refractivity contribution >= 4 is 31.4 Å². The summed E-state index contributed by atoms with van der Waals surface area (Å²) in [4.78, 5) is 0. The van der Waals surface area contributed by atoms with E-state index in [1.807, 2.05) is 0 Å². The average molecular weight is 426 g/mol. The number of nitrogens with zero attached hydrogens (tertiary/aromatic N) is 2. The second-order valence-electron chi connectivity index (χ2n) is 6.44. The Bertz CT molecular complexity index is 1100. The third kappa shape index (κ3) is 4.50. The van der Waals surface area contributed by atoms with Gasteiger partial charge in [0, 0.05) is 12.1 Å². The van der Waals surface area contributed by atoms with Gasteiger partial charge < -0.3 is 0 Å². The minimum Gasteiger partial charge on any atom is -0.284 e. The summed E-state index contributed by atoms with van der Waals surface area (Å²) >= 11 is 0. The molecule has 28 heavy (non-hydrogen) atoms. The van der Waals surface area contributed by atoms with Crippen LogP contribution in [0.3, 0.4) is 0 Å². The molecule has 0 amide bonds. The first-order valence-electron chi connectivity index (χ1n) is 8.52.